The molecule has 15 heteroatoms. The van der Waals surface area contributed by atoms with Gasteiger partial charge in [0.25, 0.3) is 10.2 Å². The largest absolute Gasteiger partial charge is 0.497 e. The molecule has 4 N–H and O–H groups in total. The first kappa shape index (κ1) is 28.0. The van der Waals surface area contributed by atoms with Crippen LogP contribution >= 0.6 is 22.6 Å². The SMILES string of the molecule is COc1ccc(S(=O)(=O)NCCNS(=O)(=O)Nc2ccc(F)c(F)c2Nc2ccc(I)cc2F)cc1. The maximum absolute atomic E-state index is 14.5. The Balaban J connectivity index is 1.67. The van der Waals surface area contributed by atoms with Gasteiger partial charge in [0, 0.05) is 16.7 Å². The molecule has 0 heterocycles. The Labute approximate surface area is 219 Å². The molecule has 0 fully saturated rings. The average molecular weight is 656 g/mol. The molecule has 36 heavy (non-hydrogen) atoms. The molecular weight excluding hydrogens is 636 g/mol. The van der Waals surface area contributed by atoms with Crippen LogP contribution in [0.15, 0.2) is 59.5 Å². The van der Waals surface area contributed by atoms with Gasteiger partial charge in [-0.15, -0.1) is 0 Å². The van der Waals surface area contributed by atoms with Gasteiger partial charge in [-0.25, -0.2) is 26.3 Å². The molecule has 0 saturated heterocycles. The van der Waals surface area contributed by atoms with E-state index in [4.69, 9.17) is 4.74 Å². The van der Waals surface area contributed by atoms with Crippen molar-refractivity contribution in [2.45, 2.75) is 4.90 Å². The second kappa shape index (κ2) is 11.6. The van der Waals surface area contributed by atoms with Gasteiger partial charge < -0.3 is 10.1 Å². The van der Waals surface area contributed by atoms with E-state index < -0.39 is 49.1 Å². The molecule has 0 unspecified atom stereocenters. The third-order valence-electron chi connectivity index (χ3n) is 4.61. The van der Waals surface area contributed by atoms with Crippen LogP contribution in [0.3, 0.4) is 0 Å². The third-order valence-corrected chi connectivity index (χ3v) is 7.83. The third kappa shape index (κ3) is 7.22. The highest BCUT2D eigenvalue weighted by atomic mass is 127. The van der Waals surface area contributed by atoms with Crippen molar-refractivity contribution in [3.05, 3.63) is 75.6 Å². The van der Waals surface area contributed by atoms with Crippen molar-refractivity contribution in [2.75, 3.05) is 30.2 Å². The van der Waals surface area contributed by atoms with E-state index in [0.717, 1.165) is 12.1 Å². The number of rotatable bonds is 11. The molecule has 194 valence electrons. The molecule has 3 aromatic rings. The van der Waals surface area contributed by atoms with Crippen LogP contribution in [0.1, 0.15) is 0 Å². The maximum atomic E-state index is 14.5. The Morgan fingerprint density at radius 3 is 2.11 bits per heavy atom. The summed E-state index contributed by atoms with van der Waals surface area (Å²) >= 11 is 1.87. The van der Waals surface area contributed by atoms with Crippen LogP contribution in [-0.4, -0.2) is 37.0 Å². The summed E-state index contributed by atoms with van der Waals surface area (Å²) in [6.07, 6.45) is 0. The summed E-state index contributed by atoms with van der Waals surface area (Å²) in [5.41, 5.74) is -1.25. The van der Waals surface area contributed by atoms with Gasteiger partial charge in [-0.05, 0) is 77.2 Å². The Morgan fingerprint density at radius 2 is 1.47 bits per heavy atom. The van der Waals surface area contributed by atoms with Crippen molar-refractivity contribution >= 4 is 59.9 Å². The fourth-order valence-electron chi connectivity index (χ4n) is 2.87. The zero-order valence-electron chi connectivity index (χ0n) is 18.5. The molecule has 0 saturated carbocycles. The Morgan fingerprint density at radius 1 is 0.833 bits per heavy atom. The zero-order chi connectivity index (χ0) is 26.5. The Hall–Kier alpha value is -2.60. The molecule has 3 rings (SSSR count). The van der Waals surface area contributed by atoms with Gasteiger partial charge in [0.05, 0.1) is 23.4 Å². The minimum Gasteiger partial charge on any atom is -0.497 e. The highest BCUT2D eigenvalue weighted by Crippen LogP contribution is 2.32. The first-order chi connectivity index (χ1) is 16.9. The maximum Gasteiger partial charge on any atom is 0.299 e. The fourth-order valence-corrected chi connectivity index (χ4v) is 5.26. The molecule has 0 bridgehead atoms. The number of hydrogen-bond donors (Lipinski definition) is 4. The number of halogens is 4. The second-order valence-corrected chi connectivity index (χ2v) is 11.6. The van der Waals surface area contributed by atoms with E-state index in [9.17, 15) is 30.0 Å². The zero-order valence-corrected chi connectivity index (χ0v) is 22.3. The molecule has 0 atom stereocenters. The van der Waals surface area contributed by atoms with E-state index in [0.29, 0.717) is 15.4 Å². The molecule has 0 amide bonds. The van der Waals surface area contributed by atoms with E-state index in [1.54, 1.807) is 0 Å². The molecule has 0 spiro atoms. The highest BCUT2D eigenvalue weighted by molar-refractivity contribution is 14.1. The summed E-state index contributed by atoms with van der Waals surface area (Å²) < 4.78 is 104. The smallest absolute Gasteiger partial charge is 0.299 e. The molecule has 0 aliphatic heterocycles. The van der Waals surface area contributed by atoms with Crippen molar-refractivity contribution in [3.63, 3.8) is 0 Å². The summed E-state index contributed by atoms with van der Waals surface area (Å²) in [5.74, 6) is -3.02. The number of hydrogen-bond acceptors (Lipinski definition) is 6. The molecular formula is C21H20F3IN4O5S2. The number of benzene rings is 3. The first-order valence-corrected chi connectivity index (χ1v) is 14.1. The van der Waals surface area contributed by atoms with E-state index in [1.807, 2.05) is 27.3 Å². The Bertz CT molecular complexity index is 1460. The number of methoxy groups -OCH3 is 1. The van der Waals surface area contributed by atoms with Gasteiger partial charge in [-0.1, -0.05) is 0 Å². The second-order valence-electron chi connectivity index (χ2n) is 7.11. The first-order valence-electron chi connectivity index (χ1n) is 10.0. The van der Waals surface area contributed by atoms with Crippen molar-refractivity contribution in [1.82, 2.24) is 9.44 Å². The number of anilines is 3. The van der Waals surface area contributed by atoms with Crippen molar-refractivity contribution in [3.8, 4) is 5.75 Å². The summed E-state index contributed by atoms with van der Waals surface area (Å²) in [7, 11) is -6.85. The quantitative estimate of drug-likeness (QED) is 0.185. The number of ether oxygens (including phenoxy) is 1. The van der Waals surface area contributed by atoms with E-state index >= 15 is 0 Å². The molecule has 9 nitrogen and oxygen atoms in total. The summed E-state index contributed by atoms with van der Waals surface area (Å²) in [4.78, 5) is -0.0513. The van der Waals surface area contributed by atoms with E-state index in [-0.39, 0.29) is 23.7 Å². The summed E-state index contributed by atoms with van der Waals surface area (Å²) in [6.45, 7) is -0.686. The lowest BCUT2D eigenvalue weighted by Crippen LogP contribution is -2.37. The van der Waals surface area contributed by atoms with Crippen LogP contribution in [0.2, 0.25) is 0 Å². The van der Waals surface area contributed by atoms with Crippen LogP contribution in [-0.2, 0) is 20.2 Å². The van der Waals surface area contributed by atoms with Gasteiger partial charge in [0.1, 0.15) is 17.3 Å². The molecule has 0 aliphatic rings. The van der Waals surface area contributed by atoms with Gasteiger partial charge in [-0.3, -0.25) is 4.72 Å². The van der Waals surface area contributed by atoms with E-state index in [2.05, 4.69) is 14.8 Å². The van der Waals surface area contributed by atoms with Gasteiger partial charge in [0.15, 0.2) is 11.6 Å². The lowest BCUT2D eigenvalue weighted by molar-refractivity contribution is 0.414. The predicted molar refractivity (Wildman–Crippen MR) is 137 cm³/mol. The minimum absolute atomic E-state index is 0.0513. The lowest BCUT2D eigenvalue weighted by atomic mass is 10.2. The van der Waals surface area contributed by atoms with Crippen LogP contribution in [0.4, 0.5) is 30.2 Å². The lowest BCUT2D eigenvalue weighted by Gasteiger charge is -2.16. The summed E-state index contributed by atoms with van der Waals surface area (Å²) in [6, 6.07) is 11.2. The average Bonchev–Trinajstić information content (AvgIpc) is 2.83. The Kier molecular flexibility index (Phi) is 9.04. The topological polar surface area (TPSA) is 126 Å². The molecule has 3 aromatic carbocycles. The van der Waals surface area contributed by atoms with Crippen molar-refractivity contribution in [1.29, 1.82) is 0 Å². The molecule has 0 radical (unpaired) electrons. The van der Waals surface area contributed by atoms with Gasteiger partial charge >= 0.3 is 0 Å². The van der Waals surface area contributed by atoms with Crippen LogP contribution in [0.5, 0.6) is 5.75 Å². The normalized spacial score (nSPS) is 11.8. The minimum atomic E-state index is -4.36. The number of sulfonamides is 1. The number of nitrogens with one attached hydrogen (secondary N) is 4. The van der Waals surface area contributed by atoms with Crippen LogP contribution in [0.25, 0.3) is 0 Å². The van der Waals surface area contributed by atoms with Crippen LogP contribution < -0.4 is 24.2 Å². The summed E-state index contributed by atoms with van der Waals surface area (Å²) in [5, 5.41) is 2.36. The molecule has 0 aliphatic carbocycles. The monoisotopic (exact) mass is 656 g/mol. The standard InChI is InChI=1S/C21H20F3IN4O5S2/c1-34-14-3-5-15(6-4-14)35(30,31)26-10-11-27-36(32,33)29-19-9-7-16(22)20(24)21(19)28-18-8-2-13(25)12-17(18)23/h2-9,12,26-29H,10-11H2,1H3. The molecule has 0 aromatic heterocycles. The van der Waals surface area contributed by atoms with Gasteiger partial charge in [-0.2, -0.15) is 13.1 Å². The van der Waals surface area contributed by atoms with Crippen molar-refractivity contribution < 1.29 is 34.7 Å². The van der Waals surface area contributed by atoms with Crippen LogP contribution in [0, 0.1) is 21.0 Å². The highest BCUT2D eigenvalue weighted by Gasteiger charge is 2.20. The van der Waals surface area contributed by atoms with Gasteiger partial charge in [0.2, 0.25) is 10.0 Å². The fraction of sp³-hybridized carbons (Fsp3) is 0.143. The van der Waals surface area contributed by atoms with E-state index in [1.165, 1.54) is 43.5 Å². The van der Waals surface area contributed by atoms with Crippen molar-refractivity contribution in [2.24, 2.45) is 0 Å². The predicted octanol–water partition coefficient (Wildman–Crippen LogP) is 3.69.